The highest BCUT2D eigenvalue weighted by molar-refractivity contribution is 5.66. The van der Waals surface area contributed by atoms with Gasteiger partial charge < -0.3 is 10.4 Å². The average Bonchev–Trinajstić information content (AvgIpc) is 2.60. The van der Waals surface area contributed by atoms with Crippen LogP contribution in [0.25, 0.3) is 0 Å². The van der Waals surface area contributed by atoms with Gasteiger partial charge in [-0.2, -0.15) is 0 Å². The van der Waals surface area contributed by atoms with E-state index in [-0.39, 0.29) is 17.9 Å². The molecule has 26 heavy (non-hydrogen) atoms. The van der Waals surface area contributed by atoms with Gasteiger partial charge in [-0.15, -0.1) is 0 Å². The van der Waals surface area contributed by atoms with Crippen molar-refractivity contribution in [2.45, 2.75) is 57.9 Å². The van der Waals surface area contributed by atoms with E-state index in [2.05, 4.69) is 62.5 Å². The maximum atomic E-state index is 10.9. The van der Waals surface area contributed by atoms with Gasteiger partial charge in [-0.3, -0.25) is 4.79 Å². The summed E-state index contributed by atoms with van der Waals surface area (Å²) in [5.74, 6) is -0.734. The Balaban J connectivity index is 1.88. The largest absolute Gasteiger partial charge is 0.481 e. The standard InChI is InChI=1S/C23H31NO2/c1-23(2,3)20-11-9-18(10-12-20)15-16-24-21(13-14-22(25)26)17-19-7-5-4-6-8-19/h4-12,21,24H,13-17H2,1-3H3,(H,25,26). The molecule has 2 rings (SSSR count). The molecule has 2 N–H and O–H groups in total. The molecule has 0 aliphatic carbocycles. The molecule has 0 aliphatic rings. The van der Waals surface area contributed by atoms with E-state index in [0.29, 0.717) is 6.42 Å². The zero-order valence-corrected chi connectivity index (χ0v) is 16.2. The molecule has 0 amide bonds. The van der Waals surface area contributed by atoms with Crippen LogP contribution in [0.15, 0.2) is 54.6 Å². The van der Waals surface area contributed by atoms with Gasteiger partial charge in [0.15, 0.2) is 0 Å². The summed E-state index contributed by atoms with van der Waals surface area (Å²) in [6.07, 6.45) is 2.65. The van der Waals surface area contributed by atoms with E-state index < -0.39 is 5.97 Å². The highest BCUT2D eigenvalue weighted by atomic mass is 16.4. The third-order valence-corrected chi connectivity index (χ3v) is 4.70. The number of rotatable bonds is 9. The number of carbonyl (C=O) groups is 1. The van der Waals surface area contributed by atoms with E-state index >= 15 is 0 Å². The topological polar surface area (TPSA) is 49.3 Å². The van der Waals surface area contributed by atoms with Crippen molar-refractivity contribution in [1.82, 2.24) is 5.32 Å². The van der Waals surface area contributed by atoms with E-state index in [1.165, 1.54) is 16.7 Å². The predicted molar refractivity (Wildman–Crippen MR) is 108 cm³/mol. The molecule has 3 heteroatoms. The Bertz CT molecular complexity index is 672. The monoisotopic (exact) mass is 353 g/mol. The molecule has 140 valence electrons. The van der Waals surface area contributed by atoms with Gasteiger partial charge in [0, 0.05) is 12.5 Å². The first-order chi connectivity index (χ1) is 12.3. The minimum Gasteiger partial charge on any atom is -0.481 e. The lowest BCUT2D eigenvalue weighted by Gasteiger charge is -2.20. The molecule has 0 bridgehead atoms. The molecule has 0 aromatic heterocycles. The quantitative estimate of drug-likeness (QED) is 0.693. The van der Waals surface area contributed by atoms with Crippen molar-refractivity contribution in [3.8, 4) is 0 Å². The Morgan fingerprint density at radius 1 is 1.00 bits per heavy atom. The molecule has 0 saturated carbocycles. The summed E-state index contributed by atoms with van der Waals surface area (Å²) in [4.78, 5) is 10.9. The summed E-state index contributed by atoms with van der Waals surface area (Å²) in [6, 6.07) is 19.3. The van der Waals surface area contributed by atoms with E-state index in [0.717, 1.165) is 19.4 Å². The van der Waals surface area contributed by atoms with Crippen LogP contribution in [-0.4, -0.2) is 23.7 Å². The lowest BCUT2D eigenvalue weighted by atomic mass is 9.86. The number of hydrogen-bond acceptors (Lipinski definition) is 2. The van der Waals surface area contributed by atoms with E-state index in [1.807, 2.05) is 18.2 Å². The molecule has 0 heterocycles. The first kappa shape index (κ1) is 20.2. The number of aliphatic carboxylic acids is 1. The Hall–Kier alpha value is -2.13. The number of carboxylic acids is 1. The highest BCUT2D eigenvalue weighted by Crippen LogP contribution is 2.22. The predicted octanol–water partition coefficient (Wildman–Crippen LogP) is 4.59. The normalized spacial score (nSPS) is 12.7. The fourth-order valence-corrected chi connectivity index (χ4v) is 3.06. The maximum absolute atomic E-state index is 10.9. The van der Waals surface area contributed by atoms with Crippen molar-refractivity contribution in [2.24, 2.45) is 0 Å². The van der Waals surface area contributed by atoms with Crippen LogP contribution in [0.5, 0.6) is 0 Å². The van der Waals surface area contributed by atoms with Gasteiger partial charge in [0.2, 0.25) is 0 Å². The molecular formula is C23H31NO2. The van der Waals surface area contributed by atoms with Gasteiger partial charge in [-0.05, 0) is 47.9 Å². The lowest BCUT2D eigenvalue weighted by molar-refractivity contribution is -0.137. The fraction of sp³-hybridized carbons (Fsp3) is 0.435. The molecule has 1 unspecified atom stereocenters. The Morgan fingerprint density at radius 3 is 2.23 bits per heavy atom. The van der Waals surface area contributed by atoms with Crippen molar-refractivity contribution in [1.29, 1.82) is 0 Å². The molecule has 0 fully saturated rings. The first-order valence-electron chi connectivity index (χ1n) is 9.43. The summed E-state index contributed by atoms with van der Waals surface area (Å²) in [6.45, 7) is 7.52. The van der Waals surface area contributed by atoms with Crippen molar-refractivity contribution in [2.75, 3.05) is 6.54 Å². The van der Waals surface area contributed by atoms with Gasteiger partial charge in [0.25, 0.3) is 0 Å². The van der Waals surface area contributed by atoms with Crippen LogP contribution in [0, 0.1) is 0 Å². The second-order valence-corrected chi connectivity index (χ2v) is 7.97. The third kappa shape index (κ3) is 7.01. The van der Waals surface area contributed by atoms with Crippen molar-refractivity contribution in [3.05, 3.63) is 71.3 Å². The second kappa shape index (κ2) is 9.54. The summed E-state index contributed by atoms with van der Waals surface area (Å²) in [5, 5.41) is 12.5. The lowest BCUT2D eigenvalue weighted by Crippen LogP contribution is -2.33. The van der Waals surface area contributed by atoms with Gasteiger partial charge in [-0.25, -0.2) is 0 Å². The van der Waals surface area contributed by atoms with E-state index in [4.69, 9.17) is 5.11 Å². The highest BCUT2D eigenvalue weighted by Gasteiger charge is 2.13. The molecule has 2 aromatic rings. The molecule has 0 saturated heterocycles. The molecule has 3 nitrogen and oxygen atoms in total. The molecular weight excluding hydrogens is 322 g/mol. The molecule has 0 aliphatic heterocycles. The fourth-order valence-electron chi connectivity index (χ4n) is 3.06. The molecule has 1 atom stereocenters. The maximum Gasteiger partial charge on any atom is 0.303 e. The average molecular weight is 354 g/mol. The summed E-state index contributed by atoms with van der Waals surface area (Å²) < 4.78 is 0. The molecule has 0 spiro atoms. The minimum atomic E-state index is -0.734. The number of carboxylic acid groups (broad SMARTS) is 1. The molecule has 2 aromatic carbocycles. The Morgan fingerprint density at radius 2 is 1.65 bits per heavy atom. The Kier molecular flexibility index (Phi) is 7.40. The van der Waals surface area contributed by atoms with E-state index in [1.54, 1.807) is 0 Å². The van der Waals surface area contributed by atoms with Crippen LogP contribution >= 0.6 is 0 Å². The van der Waals surface area contributed by atoms with Crippen LogP contribution < -0.4 is 5.32 Å². The second-order valence-electron chi connectivity index (χ2n) is 7.97. The van der Waals surface area contributed by atoms with Crippen LogP contribution in [0.1, 0.15) is 50.3 Å². The third-order valence-electron chi connectivity index (χ3n) is 4.70. The van der Waals surface area contributed by atoms with Gasteiger partial charge in [-0.1, -0.05) is 75.4 Å². The van der Waals surface area contributed by atoms with Crippen LogP contribution in [-0.2, 0) is 23.1 Å². The van der Waals surface area contributed by atoms with Crippen LogP contribution in [0.4, 0.5) is 0 Å². The molecule has 0 radical (unpaired) electrons. The smallest absolute Gasteiger partial charge is 0.303 e. The number of hydrogen-bond donors (Lipinski definition) is 2. The van der Waals surface area contributed by atoms with Crippen LogP contribution in [0.3, 0.4) is 0 Å². The SMILES string of the molecule is CC(C)(C)c1ccc(CCNC(CCC(=O)O)Cc2ccccc2)cc1. The zero-order valence-electron chi connectivity index (χ0n) is 16.2. The van der Waals surface area contributed by atoms with Crippen molar-refractivity contribution < 1.29 is 9.90 Å². The van der Waals surface area contributed by atoms with E-state index in [9.17, 15) is 4.79 Å². The van der Waals surface area contributed by atoms with Crippen LogP contribution in [0.2, 0.25) is 0 Å². The van der Waals surface area contributed by atoms with Gasteiger partial charge >= 0.3 is 5.97 Å². The Labute approximate surface area is 157 Å². The van der Waals surface area contributed by atoms with Gasteiger partial charge in [0.05, 0.1) is 0 Å². The minimum absolute atomic E-state index is 0.175. The van der Waals surface area contributed by atoms with Gasteiger partial charge in [0.1, 0.15) is 0 Å². The summed E-state index contributed by atoms with van der Waals surface area (Å²) in [7, 11) is 0. The van der Waals surface area contributed by atoms with Crippen molar-refractivity contribution in [3.63, 3.8) is 0 Å². The summed E-state index contributed by atoms with van der Waals surface area (Å²) >= 11 is 0. The number of benzene rings is 2. The zero-order chi connectivity index (χ0) is 19.0. The first-order valence-corrected chi connectivity index (χ1v) is 9.43. The number of nitrogens with one attached hydrogen (secondary N) is 1. The summed E-state index contributed by atoms with van der Waals surface area (Å²) in [5.41, 5.74) is 4.07. The van der Waals surface area contributed by atoms with Crippen molar-refractivity contribution >= 4 is 5.97 Å².